The van der Waals surface area contributed by atoms with Gasteiger partial charge in [0, 0.05) is 30.9 Å². The van der Waals surface area contributed by atoms with E-state index in [0.29, 0.717) is 12.0 Å². The molecule has 1 saturated heterocycles. The number of nitrogens with zero attached hydrogens (tertiary/aromatic N) is 1. The average Bonchev–Trinajstić information content (AvgIpc) is 2.55. The van der Waals surface area contributed by atoms with Crippen molar-refractivity contribution in [3.05, 3.63) is 29.8 Å². The molecule has 2 atom stereocenters. The number of hydrogen-bond acceptors (Lipinski definition) is 3. The van der Waals surface area contributed by atoms with Crippen LogP contribution in [0.2, 0.25) is 0 Å². The number of anilines is 1. The molecule has 5 heteroatoms. The molecule has 0 bridgehead atoms. The minimum atomic E-state index is -0.153. The van der Waals surface area contributed by atoms with Crippen LogP contribution in [0.4, 0.5) is 10.5 Å². The smallest absolute Gasteiger partial charge is 0.319 e. The predicted molar refractivity (Wildman–Crippen MR) is 93.7 cm³/mol. The fourth-order valence-corrected chi connectivity index (χ4v) is 2.56. The van der Waals surface area contributed by atoms with E-state index in [0.717, 1.165) is 32.0 Å². The van der Waals surface area contributed by atoms with Crippen LogP contribution in [0.3, 0.4) is 0 Å². The molecule has 23 heavy (non-hydrogen) atoms. The number of benzene rings is 1. The van der Waals surface area contributed by atoms with Crippen molar-refractivity contribution in [3.8, 4) is 0 Å². The third kappa shape index (κ3) is 5.22. The molecule has 0 aliphatic carbocycles. The molecule has 0 saturated carbocycles. The number of hydrogen-bond donors (Lipinski definition) is 2. The van der Waals surface area contributed by atoms with E-state index < -0.39 is 0 Å². The highest BCUT2D eigenvalue weighted by atomic mass is 16.5. The van der Waals surface area contributed by atoms with Crippen molar-refractivity contribution >= 4 is 11.7 Å². The van der Waals surface area contributed by atoms with E-state index >= 15 is 0 Å². The summed E-state index contributed by atoms with van der Waals surface area (Å²) in [6.45, 7) is 11.9. The van der Waals surface area contributed by atoms with Crippen LogP contribution in [-0.2, 0) is 4.74 Å². The average molecular weight is 319 g/mol. The maximum Gasteiger partial charge on any atom is 0.319 e. The zero-order valence-corrected chi connectivity index (χ0v) is 14.6. The van der Waals surface area contributed by atoms with Crippen LogP contribution < -0.4 is 10.6 Å². The fourth-order valence-electron chi connectivity index (χ4n) is 2.56. The Morgan fingerprint density at radius 1 is 1.09 bits per heavy atom. The quantitative estimate of drug-likeness (QED) is 0.876. The van der Waals surface area contributed by atoms with Crippen LogP contribution in [0, 0.1) is 5.92 Å². The number of amides is 2. The highest BCUT2D eigenvalue weighted by molar-refractivity contribution is 5.89. The van der Waals surface area contributed by atoms with Gasteiger partial charge in [-0.05, 0) is 37.5 Å². The van der Waals surface area contributed by atoms with Crippen molar-refractivity contribution in [1.29, 1.82) is 0 Å². The van der Waals surface area contributed by atoms with E-state index in [1.54, 1.807) is 0 Å². The summed E-state index contributed by atoms with van der Waals surface area (Å²) in [6.07, 6.45) is 0. The van der Waals surface area contributed by atoms with Crippen molar-refractivity contribution in [3.63, 3.8) is 0 Å². The van der Waals surface area contributed by atoms with Gasteiger partial charge >= 0.3 is 6.03 Å². The summed E-state index contributed by atoms with van der Waals surface area (Å²) < 4.78 is 5.40. The number of urea groups is 1. The number of carbonyl (C=O) groups excluding carboxylic acids is 1. The summed E-state index contributed by atoms with van der Waals surface area (Å²) in [5.41, 5.74) is 2.07. The lowest BCUT2D eigenvalue weighted by molar-refractivity contribution is 0.0198. The number of ether oxygens (including phenoxy) is 1. The van der Waals surface area contributed by atoms with E-state index in [2.05, 4.69) is 48.4 Å². The second-order valence-corrected chi connectivity index (χ2v) is 6.58. The van der Waals surface area contributed by atoms with E-state index in [4.69, 9.17) is 4.74 Å². The Kier molecular flexibility index (Phi) is 6.42. The van der Waals surface area contributed by atoms with Gasteiger partial charge in [0.15, 0.2) is 0 Å². The van der Waals surface area contributed by atoms with Crippen molar-refractivity contribution in [2.45, 2.75) is 39.8 Å². The van der Waals surface area contributed by atoms with Crippen molar-refractivity contribution < 1.29 is 9.53 Å². The third-order valence-corrected chi connectivity index (χ3v) is 4.60. The predicted octanol–water partition coefficient (Wildman–Crippen LogP) is 3.25. The van der Waals surface area contributed by atoms with E-state index in [-0.39, 0.29) is 12.1 Å². The minimum Gasteiger partial charge on any atom is -0.379 e. The lowest BCUT2D eigenvalue weighted by Crippen LogP contribution is -2.39. The van der Waals surface area contributed by atoms with Crippen LogP contribution in [0.5, 0.6) is 0 Å². The Labute approximate surface area is 139 Å². The number of nitrogens with one attached hydrogen (secondary N) is 2. The zero-order chi connectivity index (χ0) is 16.8. The molecule has 0 spiro atoms. The van der Waals surface area contributed by atoms with Crippen molar-refractivity contribution in [2.75, 3.05) is 31.6 Å². The maximum absolute atomic E-state index is 11.9. The largest absolute Gasteiger partial charge is 0.379 e. The zero-order valence-electron chi connectivity index (χ0n) is 14.6. The van der Waals surface area contributed by atoms with E-state index in [1.807, 2.05) is 19.1 Å². The van der Waals surface area contributed by atoms with Crippen LogP contribution in [0.25, 0.3) is 0 Å². The first kappa shape index (κ1) is 17.8. The molecule has 1 aromatic rings. The summed E-state index contributed by atoms with van der Waals surface area (Å²) in [4.78, 5) is 14.4. The first-order valence-electron chi connectivity index (χ1n) is 8.46. The standard InChI is InChI=1S/C18H29N3O2/c1-13(2)14(3)19-18(22)20-17-7-5-16(6-8-17)15(4)21-9-11-23-12-10-21/h5-8,13-15H,9-12H2,1-4H3,(H2,19,20,22). The molecule has 0 aromatic heterocycles. The number of morpholine rings is 1. The van der Waals surface area contributed by atoms with E-state index in [9.17, 15) is 4.79 Å². The van der Waals surface area contributed by atoms with Gasteiger partial charge in [0.2, 0.25) is 0 Å². The lowest BCUT2D eigenvalue weighted by atomic mass is 10.1. The van der Waals surface area contributed by atoms with Gasteiger partial charge in [0.25, 0.3) is 0 Å². The Morgan fingerprint density at radius 3 is 2.26 bits per heavy atom. The summed E-state index contributed by atoms with van der Waals surface area (Å²) in [7, 11) is 0. The van der Waals surface area contributed by atoms with Crippen molar-refractivity contribution in [1.82, 2.24) is 10.2 Å². The summed E-state index contributed by atoms with van der Waals surface area (Å²) in [5, 5.41) is 5.83. The highest BCUT2D eigenvalue weighted by Crippen LogP contribution is 2.22. The molecule has 1 heterocycles. The number of rotatable bonds is 5. The molecule has 0 radical (unpaired) electrons. The van der Waals surface area contributed by atoms with Crippen LogP contribution in [0.1, 0.15) is 39.3 Å². The topological polar surface area (TPSA) is 53.6 Å². The van der Waals surface area contributed by atoms with Gasteiger partial charge < -0.3 is 15.4 Å². The molecule has 2 amide bonds. The Morgan fingerprint density at radius 2 is 1.70 bits per heavy atom. The molecule has 1 aliphatic heterocycles. The summed E-state index contributed by atoms with van der Waals surface area (Å²) in [6, 6.07) is 8.46. The normalized spacial score (nSPS) is 18.5. The molecule has 2 rings (SSSR count). The van der Waals surface area contributed by atoms with Gasteiger partial charge in [0.05, 0.1) is 13.2 Å². The van der Waals surface area contributed by atoms with Gasteiger partial charge in [0.1, 0.15) is 0 Å². The second kappa shape index (κ2) is 8.31. The fraction of sp³-hybridized carbons (Fsp3) is 0.611. The second-order valence-electron chi connectivity index (χ2n) is 6.58. The van der Waals surface area contributed by atoms with Crippen LogP contribution in [0.15, 0.2) is 24.3 Å². The SMILES string of the molecule is CC(C)C(C)NC(=O)Nc1ccc(C(C)N2CCOCC2)cc1. The Hall–Kier alpha value is -1.59. The summed E-state index contributed by atoms with van der Waals surface area (Å²) >= 11 is 0. The molecule has 128 valence electrons. The molecule has 1 aliphatic rings. The first-order valence-corrected chi connectivity index (χ1v) is 8.46. The van der Waals surface area contributed by atoms with Gasteiger partial charge in [-0.3, -0.25) is 4.90 Å². The van der Waals surface area contributed by atoms with Crippen molar-refractivity contribution in [2.24, 2.45) is 5.92 Å². The lowest BCUT2D eigenvalue weighted by Gasteiger charge is -2.32. The van der Waals surface area contributed by atoms with Crippen LogP contribution >= 0.6 is 0 Å². The van der Waals surface area contributed by atoms with Gasteiger partial charge in [-0.15, -0.1) is 0 Å². The molecule has 2 N–H and O–H groups in total. The first-order chi connectivity index (χ1) is 11.0. The van der Waals surface area contributed by atoms with E-state index in [1.165, 1.54) is 5.56 Å². The molecule has 1 aromatic carbocycles. The molecule has 1 fully saturated rings. The van der Waals surface area contributed by atoms with Gasteiger partial charge in [-0.1, -0.05) is 26.0 Å². The monoisotopic (exact) mass is 319 g/mol. The molecular formula is C18H29N3O2. The Bertz CT molecular complexity index is 495. The summed E-state index contributed by atoms with van der Waals surface area (Å²) in [5.74, 6) is 0.414. The molecular weight excluding hydrogens is 290 g/mol. The molecule has 5 nitrogen and oxygen atoms in total. The highest BCUT2D eigenvalue weighted by Gasteiger charge is 2.18. The van der Waals surface area contributed by atoms with Gasteiger partial charge in [-0.25, -0.2) is 4.79 Å². The number of carbonyl (C=O) groups is 1. The Balaban J connectivity index is 1.90. The minimum absolute atomic E-state index is 0.149. The van der Waals surface area contributed by atoms with Gasteiger partial charge in [-0.2, -0.15) is 0 Å². The molecule has 2 unspecified atom stereocenters. The maximum atomic E-state index is 11.9. The third-order valence-electron chi connectivity index (χ3n) is 4.60. The van der Waals surface area contributed by atoms with Crippen LogP contribution in [-0.4, -0.2) is 43.3 Å².